The molecule has 2 aromatic heterocycles. The maximum absolute atomic E-state index is 12.7. The molecule has 2 heterocycles. The zero-order chi connectivity index (χ0) is 21.3. The zero-order valence-electron chi connectivity index (χ0n) is 16.3. The molecule has 4 N–H and O–H groups in total. The third-order valence-corrected chi connectivity index (χ3v) is 4.60. The first kappa shape index (κ1) is 19.1. The van der Waals surface area contributed by atoms with E-state index in [0.717, 1.165) is 5.56 Å². The highest BCUT2D eigenvalue weighted by molar-refractivity contribution is 6.04. The van der Waals surface area contributed by atoms with Crippen molar-refractivity contribution in [1.82, 2.24) is 14.6 Å². The van der Waals surface area contributed by atoms with Gasteiger partial charge >= 0.3 is 0 Å². The van der Waals surface area contributed by atoms with Crippen LogP contribution in [0.3, 0.4) is 0 Å². The highest BCUT2D eigenvalue weighted by Gasteiger charge is 2.21. The zero-order valence-corrected chi connectivity index (χ0v) is 16.3. The van der Waals surface area contributed by atoms with Crippen molar-refractivity contribution in [2.45, 2.75) is 0 Å². The number of ether oxygens (including phenoxy) is 2. The number of carbonyl (C=O) groups is 1. The lowest BCUT2D eigenvalue weighted by Crippen LogP contribution is -2.16. The van der Waals surface area contributed by atoms with Crippen molar-refractivity contribution in [3.63, 3.8) is 0 Å². The fourth-order valence-electron chi connectivity index (χ4n) is 3.15. The molecule has 0 aliphatic heterocycles. The molecule has 4 aromatic rings. The van der Waals surface area contributed by atoms with Gasteiger partial charge < -0.3 is 20.5 Å². The van der Waals surface area contributed by atoms with Crippen LogP contribution in [0.2, 0.25) is 0 Å². The number of H-pyrrole nitrogens is 1. The lowest BCUT2D eigenvalue weighted by molar-refractivity contribution is 0.100. The van der Waals surface area contributed by atoms with Crippen LogP contribution in [-0.2, 0) is 0 Å². The van der Waals surface area contributed by atoms with Gasteiger partial charge in [0.05, 0.1) is 25.6 Å². The molecule has 0 bridgehead atoms. The van der Waals surface area contributed by atoms with Crippen molar-refractivity contribution < 1.29 is 14.3 Å². The minimum absolute atomic E-state index is 0.0581. The van der Waals surface area contributed by atoms with E-state index in [4.69, 9.17) is 15.2 Å². The number of hydrogen-bond acceptors (Lipinski definition) is 6. The molecule has 9 nitrogen and oxygen atoms in total. The number of fused-ring (bicyclic) bond motifs is 1. The number of aromatic amines is 1. The molecule has 1 amide bonds. The number of nitrogens with two attached hydrogens (primary N) is 1. The predicted molar refractivity (Wildman–Crippen MR) is 113 cm³/mol. The standard InChI is InChI=1S/C21H19N5O4/c1-29-13-8-9-14(16(10-13)30-2)23-20-18(19(22)28)21-24-15(11-17(27)26(21)25-20)12-6-4-3-5-7-12/h3-11,23,25H,1-2H3,(H2,22,28). The van der Waals surface area contributed by atoms with E-state index in [9.17, 15) is 9.59 Å². The van der Waals surface area contributed by atoms with Crippen molar-refractivity contribution >= 4 is 23.1 Å². The number of amides is 1. The lowest BCUT2D eigenvalue weighted by atomic mass is 10.1. The summed E-state index contributed by atoms with van der Waals surface area (Å²) in [5.74, 6) is 0.574. The molecule has 30 heavy (non-hydrogen) atoms. The summed E-state index contributed by atoms with van der Waals surface area (Å²) >= 11 is 0. The minimum Gasteiger partial charge on any atom is -0.497 e. The van der Waals surface area contributed by atoms with Gasteiger partial charge in [-0.1, -0.05) is 30.3 Å². The van der Waals surface area contributed by atoms with Crippen LogP contribution in [0.1, 0.15) is 10.4 Å². The number of nitrogens with zero attached hydrogens (tertiary/aromatic N) is 2. The molecule has 2 aromatic carbocycles. The van der Waals surface area contributed by atoms with E-state index in [-0.39, 0.29) is 22.6 Å². The fraction of sp³-hybridized carbons (Fsp3) is 0.0952. The number of aromatic nitrogens is 3. The number of benzene rings is 2. The predicted octanol–water partition coefficient (Wildman–Crippen LogP) is 2.55. The highest BCUT2D eigenvalue weighted by atomic mass is 16.5. The Morgan fingerprint density at radius 1 is 1.10 bits per heavy atom. The van der Waals surface area contributed by atoms with Crippen LogP contribution in [0, 0.1) is 0 Å². The summed E-state index contributed by atoms with van der Waals surface area (Å²) in [6, 6.07) is 15.7. The third kappa shape index (κ3) is 3.32. The van der Waals surface area contributed by atoms with E-state index in [1.807, 2.05) is 30.3 Å². The Morgan fingerprint density at radius 2 is 1.87 bits per heavy atom. The van der Waals surface area contributed by atoms with Crippen molar-refractivity contribution in [1.29, 1.82) is 0 Å². The SMILES string of the molecule is COc1ccc(Nc2[nH]n3c(=O)cc(-c4ccccc4)nc3c2C(N)=O)c(OC)c1. The summed E-state index contributed by atoms with van der Waals surface area (Å²) in [5.41, 5.74) is 7.17. The molecule has 0 saturated heterocycles. The normalized spacial score (nSPS) is 10.7. The maximum atomic E-state index is 12.7. The Kier molecular flexibility index (Phi) is 4.85. The van der Waals surface area contributed by atoms with E-state index in [1.54, 1.807) is 25.3 Å². The molecule has 0 spiro atoms. The van der Waals surface area contributed by atoms with E-state index < -0.39 is 5.91 Å². The molecule has 0 aliphatic carbocycles. The van der Waals surface area contributed by atoms with Gasteiger partial charge in [0.1, 0.15) is 22.9 Å². The number of carbonyl (C=O) groups excluding carboxylic acids is 1. The number of anilines is 2. The lowest BCUT2D eigenvalue weighted by Gasteiger charge is -2.11. The summed E-state index contributed by atoms with van der Waals surface area (Å²) < 4.78 is 11.7. The average Bonchev–Trinajstić information content (AvgIpc) is 3.13. The van der Waals surface area contributed by atoms with Gasteiger partial charge in [0, 0.05) is 17.7 Å². The van der Waals surface area contributed by atoms with Gasteiger partial charge in [-0.2, -0.15) is 4.52 Å². The van der Waals surface area contributed by atoms with Gasteiger partial charge in [-0.05, 0) is 12.1 Å². The Labute approximate surface area is 171 Å². The van der Waals surface area contributed by atoms with Crippen LogP contribution in [0.4, 0.5) is 11.5 Å². The van der Waals surface area contributed by atoms with Crippen LogP contribution in [0.15, 0.2) is 59.4 Å². The average molecular weight is 405 g/mol. The molecule has 0 aliphatic rings. The second-order valence-electron chi connectivity index (χ2n) is 6.42. The summed E-state index contributed by atoms with van der Waals surface area (Å²) in [4.78, 5) is 29.4. The molecular formula is C21H19N5O4. The topological polar surface area (TPSA) is 124 Å². The number of rotatable bonds is 6. The number of hydrogen-bond donors (Lipinski definition) is 3. The van der Waals surface area contributed by atoms with E-state index in [2.05, 4.69) is 15.4 Å². The summed E-state index contributed by atoms with van der Waals surface area (Å²) in [6.45, 7) is 0. The number of nitrogens with one attached hydrogen (secondary N) is 2. The van der Waals surface area contributed by atoms with E-state index in [1.165, 1.54) is 17.7 Å². The molecule has 4 rings (SSSR count). The van der Waals surface area contributed by atoms with Crippen LogP contribution < -0.4 is 26.1 Å². The Balaban J connectivity index is 1.87. The maximum Gasteiger partial charge on any atom is 0.273 e. The molecule has 9 heteroatoms. The summed E-state index contributed by atoms with van der Waals surface area (Å²) in [7, 11) is 3.06. The Morgan fingerprint density at radius 3 is 2.53 bits per heavy atom. The van der Waals surface area contributed by atoms with Crippen molar-refractivity contribution in [2.24, 2.45) is 5.73 Å². The van der Waals surface area contributed by atoms with Gasteiger partial charge in [0.25, 0.3) is 11.5 Å². The molecule has 152 valence electrons. The molecule has 0 radical (unpaired) electrons. The van der Waals surface area contributed by atoms with Gasteiger partial charge in [-0.25, -0.2) is 4.98 Å². The van der Waals surface area contributed by atoms with Crippen LogP contribution >= 0.6 is 0 Å². The van der Waals surface area contributed by atoms with Crippen molar-refractivity contribution in [3.8, 4) is 22.8 Å². The van der Waals surface area contributed by atoms with Gasteiger partial charge in [0.15, 0.2) is 5.65 Å². The fourth-order valence-corrected chi connectivity index (χ4v) is 3.15. The van der Waals surface area contributed by atoms with Crippen LogP contribution in [-0.4, -0.2) is 34.7 Å². The van der Waals surface area contributed by atoms with Gasteiger partial charge in [0.2, 0.25) is 0 Å². The van der Waals surface area contributed by atoms with Crippen molar-refractivity contribution in [3.05, 3.63) is 70.5 Å². The summed E-state index contributed by atoms with van der Waals surface area (Å²) in [5, 5.41) is 5.93. The van der Waals surface area contributed by atoms with Gasteiger partial charge in [-0.15, -0.1) is 0 Å². The first-order chi connectivity index (χ1) is 14.5. The monoisotopic (exact) mass is 405 g/mol. The highest BCUT2D eigenvalue weighted by Crippen LogP contribution is 2.32. The van der Waals surface area contributed by atoms with Crippen LogP contribution in [0.5, 0.6) is 11.5 Å². The molecular weight excluding hydrogens is 386 g/mol. The first-order valence-electron chi connectivity index (χ1n) is 9.02. The quantitative estimate of drug-likeness (QED) is 0.453. The van der Waals surface area contributed by atoms with E-state index in [0.29, 0.717) is 22.9 Å². The number of primary amides is 1. The van der Waals surface area contributed by atoms with Crippen LogP contribution in [0.25, 0.3) is 16.9 Å². The molecule has 0 fully saturated rings. The smallest absolute Gasteiger partial charge is 0.273 e. The molecule has 0 atom stereocenters. The molecule has 0 unspecified atom stereocenters. The largest absolute Gasteiger partial charge is 0.497 e. The Bertz CT molecular complexity index is 1290. The second kappa shape index (κ2) is 7.63. The minimum atomic E-state index is -0.735. The van der Waals surface area contributed by atoms with Crippen molar-refractivity contribution in [2.75, 3.05) is 19.5 Å². The number of methoxy groups -OCH3 is 2. The third-order valence-electron chi connectivity index (χ3n) is 4.60. The Hall–Kier alpha value is -4.27. The molecule has 0 saturated carbocycles. The summed E-state index contributed by atoms with van der Waals surface area (Å²) in [6.07, 6.45) is 0. The van der Waals surface area contributed by atoms with Gasteiger partial charge in [-0.3, -0.25) is 14.7 Å². The first-order valence-corrected chi connectivity index (χ1v) is 9.02. The van der Waals surface area contributed by atoms with E-state index >= 15 is 0 Å². The second-order valence-corrected chi connectivity index (χ2v) is 6.42.